The highest BCUT2D eigenvalue weighted by Gasteiger charge is 2.30. The van der Waals surface area contributed by atoms with Crippen LogP contribution in [0, 0.1) is 0 Å². The SMILES string of the molecule is C=CCOC(=O)[C@H](CCCCNC(=O)CCCOc1ccc(-c2c3nc(c(-c4cc(C(C)(C)C)cc(C(C)(C)C)c4)c4ccc([nH]4)c(-c4cc(C(C)(C)C)cc(C(C)(C)C)c4)c4nc(c(-c5cc(C(C)(C)C)cc(C(C)(C)C)c5)c5ccc2[nH]5)C=C4)C=C3)cc1)NC(=O)OC(C)(C)C. The number of amides is 2. The minimum atomic E-state index is -0.893. The highest BCUT2D eigenvalue weighted by atomic mass is 16.6. The van der Waals surface area contributed by atoms with Gasteiger partial charge in [0.15, 0.2) is 0 Å². The Morgan fingerprint density at radius 3 is 1.16 bits per heavy atom. The molecule has 9 rings (SSSR count). The van der Waals surface area contributed by atoms with Crippen molar-refractivity contribution in [3.63, 3.8) is 0 Å². The fraction of sp³-hybridized carbons (Fsp3) is 0.430. The number of nitrogens with zero attached hydrogens (tertiary/aromatic N) is 2. The maximum Gasteiger partial charge on any atom is 0.408 e. The third kappa shape index (κ3) is 18.1. The van der Waals surface area contributed by atoms with Gasteiger partial charge in [-0.15, -0.1) is 0 Å². The molecule has 0 fully saturated rings. The van der Waals surface area contributed by atoms with Gasteiger partial charge in [0.2, 0.25) is 5.91 Å². The third-order valence-electron chi connectivity index (χ3n) is 18.1. The van der Waals surface area contributed by atoms with Gasteiger partial charge in [-0.1, -0.05) is 204 Å². The van der Waals surface area contributed by atoms with Crippen LogP contribution in [0.3, 0.4) is 0 Å². The molecule has 0 saturated carbocycles. The predicted octanol–water partition coefficient (Wildman–Crippen LogP) is 21.2. The van der Waals surface area contributed by atoms with Gasteiger partial charge >= 0.3 is 12.1 Å². The number of ether oxygens (including phenoxy) is 3. The second kappa shape index (κ2) is 28.6. The van der Waals surface area contributed by atoms with Crippen molar-refractivity contribution in [3.8, 4) is 50.3 Å². The van der Waals surface area contributed by atoms with E-state index in [-0.39, 0.29) is 51.4 Å². The zero-order chi connectivity index (χ0) is 71.7. The quantitative estimate of drug-likeness (QED) is 0.0375. The lowest BCUT2D eigenvalue weighted by atomic mass is 9.78. The van der Waals surface area contributed by atoms with Crippen LogP contribution in [0.4, 0.5) is 4.79 Å². The number of hydrogen-bond donors (Lipinski definition) is 4. The molecular weight excluding hydrogens is 1210 g/mol. The second-order valence-electron chi connectivity index (χ2n) is 33.8. The van der Waals surface area contributed by atoms with Crippen molar-refractivity contribution >= 4 is 64.3 Å². The number of fused-ring (bicyclic) bond motifs is 8. The molecular formula is C86H108N6O6. The first kappa shape index (κ1) is 73.5. The Morgan fingerprint density at radius 1 is 0.469 bits per heavy atom. The van der Waals surface area contributed by atoms with E-state index in [1.807, 2.05) is 12.1 Å². The van der Waals surface area contributed by atoms with Gasteiger partial charge in [-0.05, 0) is 195 Å². The van der Waals surface area contributed by atoms with E-state index < -0.39 is 23.7 Å². The van der Waals surface area contributed by atoms with Crippen LogP contribution >= 0.6 is 0 Å². The number of unbranched alkanes of at least 4 members (excludes halogenated alkanes) is 1. The molecule has 2 aliphatic rings. The number of aromatic amines is 2. The monoisotopic (exact) mass is 1320 g/mol. The van der Waals surface area contributed by atoms with Gasteiger partial charge in [-0.25, -0.2) is 19.6 Å². The Balaban J connectivity index is 1.17. The van der Waals surface area contributed by atoms with E-state index in [9.17, 15) is 14.4 Å². The number of carbonyl (C=O) groups is 3. The molecule has 0 spiro atoms. The summed E-state index contributed by atoms with van der Waals surface area (Å²) in [6.07, 6.45) is 11.8. The van der Waals surface area contributed by atoms with E-state index in [2.05, 4.69) is 267 Å². The highest BCUT2D eigenvalue weighted by molar-refractivity contribution is 6.00. The summed E-state index contributed by atoms with van der Waals surface area (Å²) < 4.78 is 16.9. The molecule has 98 heavy (non-hydrogen) atoms. The first-order valence-electron chi connectivity index (χ1n) is 35.1. The molecule has 0 unspecified atom stereocenters. The maximum absolute atomic E-state index is 13.1. The molecule has 0 saturated heterocycles. The van der Waals surface area contributed by atoms with Crippen molar-refractivity contribution in [2.45, 2.75) is 222 Å². The number of hydrogen-bond acceptors (Lipinski definition) is 8. The van der Waals surface area contributed by atoms with Gasteiger partial charge in [-0.3, -0.25) is 4.79 Å². The number of H-pyrrole nitrogens is 2. The summed E-state index contributed by atoms with van der Waals surface area (Å²) in [5.41, 5.74) is 21.1. The average Bonchev–Trinajstić information content (AvgIpc) is 1.55. The second-order valence-corrected chi connectivity index (χ2v) is 33.8. The first-order chi connectivity index (χ1) is 45.6. The van der Waals surface area contributed by atoms with Gasteiger partial charge < -0.3 is 34.8 Å². The van der Waals surface area contributed by atoms with Crippen molar-refractivity contribution in [2.75, 3.05) is 19.8 Å². The first-order valence-corrected chi connectivity index (χ1v) is 35.1. The van der Waals surface area contributed by atoms with E-state index >= 15 is 0 Å². The summed E-state index contributed by atoms with van der Waals surface area (Å²) in [6.45, 7) is 50.9. The van der Waals surface area contributed by atoms with Gasteiger partial charge in [0, 0.05) is 57.3 Å². The molecule has 7 aromatic rings. The van der Waals surface area contributed by atoms with Crippen LogP contribution in [0.5, 0.6) is 5.75 Å². The van der Waals surface area contributed by atoms with E-state index in [4.69, 9.17) is 24.2 Å². The number of benzene rings is 4. The summed E-state index contributed by atoms with van der Waals surface area (Å²) >= 11 is 0. The molecule has 4 N–H and O–H groups in total. The van der Waals surface area contributed by atoms with Crippen molar-refractivity contribution in [3.05, 3.63) is 172 Å². The number of nitrogens with one attached hydrogen (secondary N) is 4. The molecule has 12 nitrogen and oxygen atoms in total. The van der Waals surface area contributed by atoms with Crippen molar-refractivity contribution in [2.24, 2.45) is 0 Å². The number of aromatic nitrogens is 4. The molecule has 8 bridgehead atoms. The smallest absolute Gasteiger partial charge is 0.408 e. The normalized spacial score (nSPS) is 13.3. The lowest BCUT2D eigenvalue weighted by molar-refractivity contribution is -0.145. The summed E-state index contributed by atoms with van der Waals surface area (Å²) in [5.74, 6) is 0.0140. The van der Waals surface area contributed by atoms with Crippen LogP contribution in [-0.4, -0.2) is 69.3 Å². The van der Waals surface area contributed by atoms with Crippen LogP contribution < -0.4 is 15.4 Å². The zero-order valence-corrected chi connectivity index (χ0v) is 62.5. The van der Waals surface area contributed by atoms with Crippen molar-refractivity contribution < 1.29 is 28.6 Å². The average molecular weight is 1320 g/mol. The fourth-order valence-electron chi connectivity index (χ4n) is 12.2. The van der Waals surface area contributed by atoms with Crippen LogP contribution in [0.25, 0.3) is 90.9 Å². The van der Waals surface area contributed by atoms with Crippen LogP contribution in [-0.2, 0) is 51.6 Å². The Bertz CT molecular complexity index is 4200. The molecule has 2 amide bonds. The molecule has 4 aromatic carbocycles. The zero-order valence-electron chi connectivity index (χ0n) is 62.5. The Labute approximate surface area is 584 Å². The molecule has 2 aliphatic heterocycles. The molecule has 0 radical (unpaired) electrons. The predicted molar refractivity (Wildman–Crippen MR) is 409 cm³/mol. The summed E-state index contributed by atoms with van der Waals surface area (Å²) in [4.78, 5) is 58.0. The van der Waals surface area contributed by atoms with E-state index in [0.717, 1.165) is 89.4 Å². The minimum Gasteiger partial charge on any atom is -0.494 e. The Morgan fingerprint density at radius 2 is 0.827 bits per heavy atom. The van der Waals surface area contributed by atoms with E-state index in [1.165, 1.54) is 39.5 Å². The lowest BCUT2D eigenvalue weighted by Crippen LogP contribution is -2.44. The van der Waals surface area contributed by atoms with Crippen LogP contribution in [0.1, 0.15) is 234 Å². The fourth-order valence-corrected chi connectivity index (χ4v) is 12.2. The minimum absolute atomic E-state index is 0.0278. The Kier molecular flexibility index (Phi) is 21.4. The maximum atomic E-state index is 13.1. The highest BCUT2D eigenvalue weighted by Crippen LogP contribution is 2.44. The number of esters is 1. The molecule has 518 valence electrons. The number of carbonyl (C=O) groups excluding carboxylic acids is 3. The molecule has 0 aliphatic carbocycles. The molecule has 5 heterocycles. The van der Waals surface area contributed by atoms with Gasteiger partial charge in [0.25, 0.3) is 0 Å². The van der Waals surface area contributed by atoms with Crippen LogP contribution in [0.15, 0.2) is 116 Å². The topological polar surface area (TPSA) is 160 Å². The van der Waals surface area contributed by atoms with Gasteiger partial charge in [0.05, 0.1) is 29.4 Å². The molecule has 1 atom stereocenters. The summed E-state index contributed by atoms with van der Waals surface area (Å²) in [6, 6.07) is 37.5. The summed E-state index contributed by atoms with van der Waals surface area (Å²) in [7, 11) is 0. The van der Waals surface area contributed by atoms with E-state index in [1.54, 1.807) is 20.8 Å². The Hall–Kier alpha value is -8.77. The summed E-state index contributed by atoms with van der Waals surface area (Å²) in [5, 5.41) is 5.63. The van der Waals surface area contributed by atoms with Crippen molar-refractivity contribution in [1.29, 1.82) is 0 Å². The molecule has 3 aromatic heterocycles. The van der Waals surface area contributed by atoms with Crippen molar-refractivity contribution in [1.82, 2.24) is 30.6 Å². The van der Waals surface area contributed by atoms with Gasteiger partial charge in [0.1, 0.15) is 24.0 Å². The third-order valence-corrected chi connectivity index (χ3v) is 18.1. The number of rotatable bonds is 18. The van der Waals surface area contributed by atoms with E-state index in [0.29, 0.717) is 44.6 Å². The molecule has 12 heteroatoms. The van der Waals surface area contributed by atoms with Gasteiger partial charge in [-0.2, -0.15) is 0 Å². The van der Waals surface area contributed by atoms with Crippen LogP contribution in [0.2, 0.25) is 0 Å². The largest absolute Gasteiger partial charge is 0.494 e. The standard InChI is InChI=1S/C86H108N6O6/c1-23-42-97-78(94)72(92-79(95)98-86(20,21)22)27-24-25-41-87-73(93)28-26-43-96-63-31-29-53(30-32-63)74-64-33-35-66(88-64)75(54-44-57(80(2,3)4)50-58(45-54)81(5,6)7)68-37-39-70(90-68)77(56-48-61(84(14,15)16)52-62(49-56)85(17,18)19)71-40-38-69(91-71)76(67-36-34-65(74)89-67)55-46-59(82(8,9)10)51-60(47-55)83(11,12)13/h23,29-40,44-52,72,88,91H,1,24-28,41-43H2,2-22H3,(H,87,93)(H,92,95)/t72-/m0/s1. The lowest BCUT2D eigenvalue weighted by Gasteiger charge is -2.26. The number of alkyl carbamates (subject to hydrolysis) is 1.